The zero-order valence-electron chi connectivity index (χ0n) is 12.0. The van der Waals surface area contributed by atoms with E-state index in [2.05, 4.69) is 15.2 Å². The number of rotatable bonds is 5. The first-order chi connectivity index (χ1) is 10.2. The van der Waals surface area contributed by atoms with Gasteiger partial charge in [0.05, 0.1) is 17.9 Å². The summed E-state index contributed by atoms with van der Waals surface area (Å²) in [5.41, 5.74) is 2.07. The molecule has 0 atom stereocenters. The van der Waals surface area contributed by atoms with E-state index >= 15 is 0 Å². The monoisotopic (exact) mass is 291 g/mol. The zero-order chi connectivity index (χ0) is 14.7. The maximum Gasteiger partial charge on any atom is 0.267 e. The minimum atomic E-state index is -0.132. The quantitative estimate of drug-likeness (QED) is 0.726. The predicted octanol–water partition coefficient (Wildman–Crippen LogP) is 1.34. The van der Waals surface area contributed by atoms with E-state index in [0.717, 1.165) is 44.4 Å². The van der Waals surface area contributed by atoms with E-state index < -0.39 is 0 Å². The predicted molar refractivity (Wildman–Crippen MR) is 79.2 cm³/mol. The van der Waals surface area contributed by atoms with Gasteiger partial charge in [0.25, 0.3) is 5.91 Å². The van der Waals surface area contributed by atoms with Crippen LogP contribution in [0.3, 0.4) is 0 Å². The number of carbonyl (C=O) groups excluding carboxylic acids is 1. The average molecular weight is 291 g/mol. The number of aromatic nitrogens is 1. The highest BCUT2D eigenvalue weighted by atomic mass is 16.3. The lowest BCUT2D eigenvalue weighted by molar-refractivity contribution is 0.0816. The number of nitrogens with zero attached hydrogens (tertiary/aromatic N) is 1. The number of amides is 1. The molecule has 114 valence electrons. The molecule has 1 fully saturated rings. The number of hydrogen-bond donors (Lipinski definition) is 3. The molecule has 0 aliphatic carbocycles. The van der Waals surface area contributed by atoms with Crippen LogP contribution >= 0.6 is 0 Å². The lowest BCUT2D eigenvalue weighted by Gasteiger charge is -2.29. The first kappa shape index (κ1) is 14.2. The molecule has 0 spiro atoms. The Morgan fingerprint density at radius 2 is 2.29 bits per heavy atom. The second-order valence-electron chi connectivity index (χ2n) is 5.56. The molecule has 0 aromatic carbocycles. The maximum atomic E-state index is 12.0. The van der Waals surface area contributed by atoms with Crippen molar-refractivity contribution in [1.29, 1.82) is 0 Å². The van der Waals surface area contributed by atoms with E-state index in [-0.39, 0.29) is 12.0 Å². The van der Waals surface area contributed by atoms with Crippen molar-refractivity contribution in [2.45, 2.75) is 25.4 Å². The molecule has 3 N–H and O–H groups in total. The van der Waals surface area contributed by atoms with Gasteiger partial charge >= 0.3 is 0 Å². The second-order valence-corrected chi connectivity index (χ2v) is 5.56. The van der Waals surface area contributed by atoms with Crippen molar-refractivity contribution >= 4 is 17.0 Å². The molecule has 0 unspecified atom stereocenters. The van der Waals surface area contributed by atoms with Crippen molar-refractivity contribution in [3.63, 3.8) is 0 Å². The molecule has 1 aliphatic heterocycles. The van der Waals surface area contributed by atoms with Gasteiger partial charge in [-0.15, -0.1) is 0 Å². The highest BCUT2D eigenvalue weighted by Gasteiger charge is 2.16. The Bertz CT molecular complexity index is 568. The molecule has 0 bridgehead atoms. The highest BCUT2D eigenvalue weighted by Crippen LogP contribution is 2.15. The number of likely N-dealkylation sites (tertiary alicyclic amines) is 1. The van der Waals surface area contributed by atoms with E-state index in [9.17, 15) is 9.90 Å². The van der Waals surface area contributed by atoms with Gasteiger partial charge in [-0.3, -0.25) is 4.79 Å². The third kappa shape index (κ3) is 3.46. The van der Waals surface area contributed by atoms with Crippen LogP contribution in [0.25, 0.3) is 11.1 Å². The molecule has 1 saturated heterocycles. The number of fused-ring (bicyclic) bond motifs is 1. The highest BCUT2D eigenvalue weighted by molar-refractivity contribution is 5.96. The molecule has 2 aromatic rings. The van der Waals surface area contributed by atoms with Gasteiger partial charge in [-0.25, -0.2) is 0 Å². The van der Waals surface area contributed by atoms with Crippen molar-refractivity contribution in [3.05, 3.63) is 24.1 Å². The summed E-state index contributed by atoms with van der Waals surface area (Å²) < 4.78 is 5.22. The van der Waals surface area contributed by atoms with Gasteiger partial charge in [0, 0.05) is 31.8 Å². The molecule has 2 aromatic heterocycles. The molecule has 0 saturated carbocycles. The van der Waals surface area contributed by atoms with E-state index in [1.807, 2.05) is 0 Å². The van der Waals surface area contributed by atoms with E-state index in [1.54, 1.807) is 18.4 Å². The lowest BCUT2D eigenvalue weighted by atomic mass is 10.1. The van der Waals surface area contributed by atoms with Crippen LogP contribution in [0.15, 0.2) is 22.8 Å². The summed E-state index contributed by atoms with van der Waals surface area (Å²) in [6, 6.07) is 3.52. The van der Waals surface area contributed by atoms with Gasteiger partial charge < -0.3 is 24.7 Å². The van der Waals surface area contributed by atoms with Crippen LogP contribution in [0, 0.1) is 0 Å². The van der Waals surface area contributed by atoms with Crippen LogP contribution in [-0.4, -0.2) is 53.2 Å². The van der Waals surface area contributed by atoms with Crippen LogP contribution in [0.4, 0.5) is 0 Å². The zero-order valence-corrected chi connectivity index (χ0v) is 12.0. The Morgan fingerprint density at radius 3 is 3.05 bits per heavy atom. The largest absolute Gasteiger partial charge is 0.463 e. The lowest BCUT2D eigenvalue weighted by Crippen LogP contribution is -2.37. The standard InChI is InChI=1S/C15H21N3O3/c19-11-2-7-18(8-3-11)6-1-5-16-15(20)13-10-14-12(17-13)4-9-21-14/h4,9-11,17,19H,1-3,5-8H2,(H,16,20). The SMILES string of the molecule is O=C(NCCCN1CCC(O)CC1)c1cc2occc2[nH]1. The number of carbonyl (C=O) groups is 1. The van der Waals surface area contributed by atoms with Gasteiger partial charge in [0.1, 0.15) is 5.69 Å². The molecule has 6 heteroatoms. The topological polar surface area (TPSA) is 81.5 Å². The molecule has 1 aliphatic rings. The van der Waals surface area contributed by atoms with Gasteiger partial charge in [0.2, 0.25) is 0 Å². The van der Waals surface area contributed by atoms with Crippen LogP contribution in [-0.2, 0) is 0 Å². The number of nitrogens with one attached hydrogen (secondary N) is 2. The van der Waals surface area contributed by atoms with Crippen LogP contribution < -0.4 is 5.32 Å². The van der Waals surface area contributed by atoms with Gasteiger partial charge in [-0.05, 0) is 25.8 Å². The Kier molecular flexibility index (Phi) is 4.26. The van der Waals surface area contributed by atoms with Crippen molar-refractivity contribution in [2.75, 3.05) is 26.2 Å². The summed E-state index contributed by atoms with van der Waals surface area (Å²) in [6.07, 6.45) is 4.09. The Labute approximate surface area is 123 Å². The van der Waals surface area contributed by atoms with Crippen LogP contribution in [0.2, 0.25) is 0 Å². The maximum absolute atomic E-state index is 12.0. The summed E-state index contributed by atoms with van der Waals surface area (Å²) in [7, 11) is 0. The minimum absolute atomic E-state index is 0.101. The molecular formula is C15H21N3O3. The summed E-state index contributed by atoms with van der Waals surface area (Å²) in [5.74, 6) is -0.101. The minimum Gasteiger partial charge on any atom is -0.463 e. The number of hydrogen-bond acceptors (Lipinski definition) is 4. The Hall–Kier alpha value is -1.79. The van der Waals surface area contributed by atoms with E-state index in [0.29, 0.717) is 17.8 Å². The van der Waals surface area contributed by atoms with Crippen molar-refractivity contribution in [3.8, 4) is 0 Å². The summed E-state index contributed by atoms with van der Waals surface area (Å²) >= 11 is 0. The third-order valence-electron chi connectivity index (χ3n) is 3.98. The summed E-state index contributed by atoms with van der Waals surface area (Å²) in [5, 5.41) is 12.4. The molecule has 3 rings (SSSR count). The molecule has 0 radical (unpaired) electrons. The molecule has 1 amide bonds. The number of piperidine rings is 1. The Morgan fingerprint density at radius 1 is 1.48 bits per heavy atom. The van der Waals surface area contributed by atoms with Crippen molar-refractivity contribution < 1.29 is 14.3 Å². The number of furan rings is 1. The number of aliphatic hydroxyl groups is 1. The van der Waals surface area contributed by atoms with Crippen LogP contribution in [0.5, 0.6) is 0 Å². The first-order valence-corrected chi connectivity index (χ1v) is 7.47. The number of H-pyrrole nitrogens is 1. The van der Waals surface area contributed by atoms with E-state index in [1.165, 1.54) is 0 Å². The molecule has 21 heavy (non-hydrogen) atoms. The summed E-state index contributed by atoms with van der Waals surface area (Å²) in [4.78, 5) is 17.3. The Balaban J connectivity index is 1.39. The molecule has 6 nitrogen and oxygen atoms in total. The fourth-order valence-corrected chi connectivity index (χ4v) is 2.71. The van der Waals surface area contributed by atoms with Gasteiger partial charge in [-0.2, -0.15) is 0 Å². The fourth-order valence-electron chi connectivity index (χ4n) is 2.71. The first-order valence-electron chi connectivity index (χ1n) is 7.47. The third-order valence-corrected chi connectivity index (χ3v) is 3.98. The van der Waals surface area contributed by atoms with Gasteiger partial charge in [-0.1, -0.05) is 0 Å². The smallest absolute Gasteiger partial charge is 0.267 e. The fraction of sp³-hybridized carbons (Fsp3) is 0.533. The average Bonchev–Trinajstić information content (AvgIpc) is 3.06. The van der Waals surface area contributed by atoms with E-state index in [4.69, 9.17) is 4.42 Å². The van der Waals surface area contributed by atoms with Crippen molar-refractivity contribution in [2.24, 2.45) is 0 Å². The normalized spacial score (nSPS) is 17.4. The van der Waals surface area contributed by atoms with Gasteiger partial charge in [0.15, 0.2) is 5.58 Å². The second kappa shape index (κ2) is 6.32. The molecular weight excluding hydrogens is 270 g/mol. The number of aromatic amines is 1. The summed E-state index contributed by atoms with van der Waals surface area (Å²) in [6.45, 7) is 3.50. The van der Waals surface area contributed by atoms with Crippen LogP contribution in [0.1, 0.15) is 29.8 Å². The van der Waals surface area contributed by atoms with Crippen molar-refractivity contribution in [1.82, 2.24) is 15.2 Å². The molecule has 3 heterocycles. The number of aliphatic hydroxyl groups excluding tert-OH is 1.